The Kier molecular flexibility index (Phi) is 2.96. The zero-order chi connectivity index (χ0) is 12.0. The monoisotopic (exact) mass is 239 g/mol. The molecular formula is C14H25NO2. The van der Waals surface area contributed by atoms with Crippen LogP contribution in [-0.2, 0) is 0 Å². The van der Waals surface area contributed by atoms with Crippen molar-refractivity contribution in [3.8, 4) is 0 Å². The largest absolute Gasteiger partial charge is 0.393 e. The van der Waals surface area contributed by atoms with Crippen LogP contribution in [0.25, 0.3) is 0 Å². The van der Waals surface area contributed by atoms with Gasteiger partial charge in [-0.2, -0.15) is 0 Å². The first-order valence-electron chi connectivity index (χ1n) is 7.25. The van der Waals surface area contributed by atoms with Gasteiger partial charge in [-0.3, -0.25) is 4.90 Å². The molecule has 2 N–H and O–H groups in total. The zero-order valence-corrected chi connectivity index (χ0v) is 10.8. The number of nitrogens with zero attached hydrogens (tertiary/aromatic N) is 1. The normalized spacial score (nSPS) is 51.7. The Balaban J connectivity index is 1.88. The highest BCUT2D eigenvalue weighted by molar-refractivity contribution is 5.06. The molecule has 0 spiro atoms. The molecule has 3 fully saturated rings. The van der Waals surface area contributed by atoms with Crippen molar-refractivity contribution in [3.05, 3.63) is 0 Å². The van der Waals surface area contributed by atoms with Gasteiger partial charge in [-0.25, -0.2) is 0 Å². The Bertz CT molecular complexity index is 292. The molecule has 0 bridgehead atoms. The first-order chi connectivity index (χ1) is 8.10. The second kappa shape index (κ2) is 4.22. The van der Waals surface area contributed by atoms with Crippen LogP contribution in [0, 0.1) is 11.8 Å². The summed E-state index contributed by atoms with van der Waals surface area (Å²) in [5.41, 5.74) is -0.691. The number of rotatable bonds is 0. The highest BCUT2D eigenvalue weighted by Crippen LogP contribution is 2.46. The van der Waals surface area contributed by atoms with Crippen LogP contribution in [0.2, 0.25) is 0 Å². The molecule has 5 unspecified atom stereocenters. The van der Waals surface area contributed by atoms with Gasteiger partial charge in [0.25, 0.3) is 0 Å². The maximum absolute atomic E-state index is 10.9. The van der Waals surface area contributed by atoms with Crippen LogP contribution < -0.4 is 0 Å². The minimum atomic E-state index is -0.691. The fourth-order valence-electron chi connectivity index (χ4n) is 4.73. The summed E-state index contributed by atoms with van der Waals surface area (Å²) in [6.45, 7) is 4.21. The summed E-state index contributed by atoms with van der Waals surface area (Å²) in [4.78, 5) is 2.49. The standard InChI is InChI=1S/C14H25NO2/c1-14(17)12-7-2-3-8-15(12)9-10-5-4-6-11(16)13(10)14/h10-13,16-17H,2-9H2,1H3. The second-order valence-electron chi connectivity index (χ2n) is 6.52. The van der Waals surface area contributed by atoms with Crippen molar-refractivity contribution >= 4 is 0 Å². The molecule has 3 rings (SSSR count). The van der Waals surface area contributed by atoms with Crippen molar-refractivity contribution in [3.63, 3.8) is 0 Å². The minimum absolute atomic E-state index is 0.107. The zero-order valence-electron chi connectivity index (χ0n) is 10.8. The van der Waals surface area contributed by atoms with Gasteiger partial charge in [-0.05, 0) is 45.1 Å². The van der Waals surface area contributed by atoms with Gasteiger partial charge in [0.1, 0.15) is 0 Å². The second-order valence-corrected chi connectivity index (χ2v) is 6.52. The maximum Gasteiger partial charge on any atom is 0.0829 e. The third-order valence-corrected chi connectivity index (χ3v) is 5.43. The van der Waals surface area contributed by atoms with Gasteiger partial charge in [0.05, 0.1) is 11.7 Å². The molecule has 0 amide bonds. The summed E-state index contributed by atoms with van der Waals surface area (Å²) < 4.78 is 0. The summed E-state index contributed by atoms with van der Waals surface area (Å²) in [6.07, 6.45) is 6.50. The average molecular weight is 239 g/mol. The van der Waals surface area contributed by atoms with Gasteiger partial charge in [-0.1, -0.05) is 12.8 Å². The van der Waals surface area contributed by atoms with Crippen molar-refractivity contribution in [1.82, 2.24) is 4.90 Å². The number of hydrogen-bond acceptors (Lipinski definition) is 3. The number of fused-ring (bicyclic) bond motifs is 2. The van der Waals surface area contributed by atoms with Gasteiger partial charge in [0.15, 0.2) is 0 Å². The highest BCUT2D eigenvalue weighted by Gasteiger charge is 2.54. The Morgan fingerprint density at radius 1 is 1.12 bits per heavy atom. The summed E-state index contributed by atoms with van der Waals surface area (Å²) >= 11 is 0. The van der Waals surface area contributed by atoms with Gasteiger partial charge >= 0.3 is 0 Å². The third kappa shape index (κ3) is 1.83. The topological polar surface area (TPSA) is 43.7 Å². The van der Waals surface area contributed by atoms with E-state index in [1.165, 1.54) is 19.3 Å². The molecule has 3 nitrogen and oxygen atoms in total. The summed E-state index contributed by atoms with van der Waals surface area (Å²) in [6, 6.07) is 0.283. The molecule has 3 heteroatoms. The molecule has 0 aromatic carbocycles. The van der Waals surface area contributed by atoms with E-state index in [1.807, 2.05) is 6.92 Å². The molecule has 0 aromatic heterocycles. The number of aliphatic hydroxyl groups excluding tert-OH is 1. The van der Waals surface area contributed by atoms with E-state index in [4.69, 9.17) is 0 Å². The van der Waals surface area contributed by atoms with Crippen molar-refractivity contribution in [2.45, 2.75) is 63.2 Å². The summed E-state index contributed by atoms with van der Waals surface area (Å²) in [5.74, 6) is 0.610. The Morgan fingerprint density at radius 3 is 2.76 bits per heavy atom. The third-order valence-electron chi connectivity index (χ3n) is 5.43. The molecule has 17 heavy (non-hydrogen) atoms. The summed E-state index contributed by atoms with van der Waals surface area (Å²) in [7, 11) is 0. The predicted octanol–water partition coefficient (Wildman–Crippen LogP) is 1.38. The van der Waals surface area contributed by atoms with E-state index in [9.17, 15) is 10.2 Å². The fourth-order valence-corrected chi connectivity index (χ4v) is 4.73. The molecule has 2 heterocycles. The lowest BCUT2D eigenvalue weighted by molar-refractivity contribution is -0.185. The first kappa shape index (κ1) is 11.9. The summed E-state index contributed by atoms with van der Waals surface area (Å²) in [5, 5.41) is 21.2. The maximum atomic E-state index is 10.9. The van der Waals surface area contributed by atoms with E-state index in [2.05, 4.69) is 4.90 Å². The molecule has 2 aliphatic heterocycles. The number of aliphatic hydroxyl groups is 2. The molecule has 2 saturated heterocycles. The van der Waals surface area contributed by atoms with Crippen LogP contribution in [-0.4, -0.2) is 45.9 Å². The number of piperidine rings is 2. The molecule has 1 aliphatic carbocycles. The fraction of sp³-hybridized carbons (Fsp3) is 1.00. The Morgan fingerprint density at radius 2 is 1.94 bits per heavy atom. The van der Waals surface area contributed by atoms with Gasteiger partial charge < -0.3 is 10.2 Å². The smallest absolute Gasteiger partial charge is 0.0829 e. The Hall–Kier alpha value is -0.120. The Labute approximate surface area is 104 Å². The van der Waals surface area contributed by atoms with Crippen LogP contribution in [0.4, 0.5) is 0 Å². The van der Waals surface area contributed by atoms with Crippen molar-refractivity contribution in [2.75, 3.05) is 13.1 Å². The average Bonchev–Trinajstić information content (AvgIpc) is 2.28. The van der Waals surface area contributed by atoms with E-state index >= 15 is 0 Å². The first-order valence-corrected chi connectivity index (χ1v) is 7.25. The SMILES string of the molecule is CC1(O)C2C(O)CCCC2CN2CCCCC21. The lowest BCUT2D eigenvalue weighted by Crippen LogP contribution is -2.67. The van der Waals surface area contributed by atoms with Crippen LogP contribution in [0.5, 0.6) is 0 Å². The van der Waals surface area contributed by atoms with Crippen molar-refractivity contribution < 1.29 is 10.2 Å². The number of hydrogen-bond donors (Lipinski definition) is 2. The van der Waals surface area contributed by atoms with Crippen LogP contribution >= 0.6 is 0 Å². The van der Waals surface area contributed by atoms with Crippen LogP contribution in [0.15, 0.2) is 0 Å². The van der Waals surface area contributed by atoms with Crippen molar-refractivity contribution in [1.29, 1.82) is 0 Å². The molecule has 98 valence electrons. The molecular weight excluding hydrogens is 214 g/mol. The van der Waals surface area contributed by atoms with Crippen LogP contribution in [0.3, 0.4) is 0 Å². The molecule has 1 saturated carbocycles. The van der Waals surface area contributed by atoms with E-state index < -0.39 is 5.60 Å². The molecule has 3 aliphatic rings. The lowest BCUT2D eigenvalue weighted by Gasteiger charge is -2.57. The highest BCUT2D eigenvalue weighted by atomic mass is 16.3. The molecule has 0 aromatic rings. The molecule has 5 atom stereocenters. The predicted molar refractivity (Wildman–Crippen MR) is 66.7 cm³/mol. The van der Waals surface area contributed by atoms with Gasteiger partial charge in [0, 0.05) is 18.5 Å². The van der Waals surface area contributed by atoms with E-state index in [0.717, 1.165) is 32.4 Å². The van der Waals surface area contributed by atoms with Crippen molar-refractivity contribution in [2.24, 2.45) is 11.8 Å². The quantitative estimate of drug-likeness (QED) is 0.671. The van der Waals surface area contributed by atoms with Gasteiger partial charge in [0.2, 0.25) is 0 Å². The molecule has 0 radical (unpaired) electrons. The van der Waals surface area contributed by atoms with E-state index in [0.29, 0.717) is 5.92 Å². The van der Waals surface area contributed by atoms with E-state index in [1.54, 1.807) is 0 Å². The van der Waals surface area contributed by atoms with Gasteiger partial charge in [-0.15, -0.1) is 0 Å². The minimum Gasteiger partial charge on any atom is -0.393 e. The lowest BCUT2D eigenvalue weighted by atomic mass is 9.62. The van der Waals surface area contributed by atoms with Crippen LogP contribution in [0.1, 0.15) is 45.4 Å². The van der Waals surface area contributed by atoms with E-state index in [-0.39, 0.29) is 18.1 Å².